The average molecular weight is 387 g/mol. The summed E-state index contributed by atoms with van der Waals surface area (Å²) in [7, 11) is 0. The standard InChI is InChI=1S/C23H21N3O3/c1-15-10-16-4-2-3-5-20(16)26(15)19-11-17(13-24-14-19)23(27)25-18-6-7-21-22(12-18)29-9-8-28-21/h2-7,11-15H,8-10H2,1H3,(H,25,27). The van der Waals surface area contributed by atoms with E-state index in [1.807, 2.05) is 24.3 Å². The first-order valence-electron chi connectivity index (χ1n) is 9.72. The van der Waals surface area contributed by atoms with E-state index in [9.17, 15) is 4.79 Å². The monoisotopic (exact) mass is 387 g/mol. The quantitative estimate of drug-likeness (QED) is 0.730. The SMILES string of the molecule is CC1Cc2ccccc2N1c1cncc(C(=O)Nc2ccc3c(c2)OCCO3)c1. The van der Waals surface area contributed by atoms with Gasteiger partial charge in [0.05, 0.1) is 17.4 Å². The summed E-state index contributed by atoms with van der Waals surface area (Å²) in [6.45, 7) is 3.23. The van der Waals surface area contributed by atoms with Crippen LogP contribution < -0.4 is 19.7 Å². The molecule has 0 bridgehead atoms. The van der Waals surface area contributed by atoms with Gasteiger partial charge < -0.3 is 19.7 Å². The van der Waals surface area contributed by atoms with Gasteiger partial charge in [0.25, 0.3) is 5.91 Å². The van der Waals surface area contributed by atoms with Crippen molar-refractivity contribution in [3.05, 3.63) is 72.1 Å². The molecule has 1 amide bonds. The van der Waals surface area contributed by atoms with Crippen LogP contribution in [-0.4, -0.2) is 30.1 Å². The van der Waals surface area contributed by atoms with Crippen LogP contribution in [0.5, 0.6) is 11.5 Å². The maximum atomic E-state index is 12.8. The number of pyridine rings is 1. The Labute approximate surface area is 169 Å². The summed E-state index contributed by atoms with van der Waals surface area (Å²) in [5, 5.41) is 2.92. The molecule has 5 rings (SSSR count). The van der Waals surface area contributed by atoms with Crippen LogP contribution in [0.3, 0.4) is 0 Å². The van der Waals surface area contributed by atoms with Crippen molar-refractivity contribution in [2.75, 3.05) is 23.4 Å². The van der Waals surface area contributed by atoms with E-state index in [0.717, 1.165) is 12.1 Å². The minimum Gasteiger partial charge on any atom is -0.486 e. The van der Waals surface area contributed by atoms with Gasteiger partial charge in [0, 0.05) is 29.7 Å². The van der Waals surface area contributed by atoms with Crippen molar-refractivity contribution in [3.8, 4) is 11.5 Å². The zero-order valence-corrected chi connectivity index (χ0v) is 16.1. The molecular weight excluding hydrogens is 366 g/mol. The van der Waals surface area contributed by atoms with Crippen LogP contribution in [0.15, 0.2) is 60.9 Å². The second kappa shape index (κ2) is 7.13. The second-order valence-electron chi connectivity index (χ2n) is 7.30. The minimum absolute atomic E-state index is 0.212. The van der Waals surface area contributed by atoms with Gasteiger partial charge in [-0.25, -0.2) is 0 Å². The van der Waals surface area contributed by atoms with Gasteiger partial charge in [0.1, 0.15) is 13.2 Å². The van der Waals surface area contributed by atoms with Gasteiger partial charge in [-0.15, -0.1) is 0 Å². The van der Waals surface area contributed by atoms with Crippen molar-refractivity contribution in [2.24, 2.45) is 0 Å². The van der Waals surface area contributed by atoms with Gasteiger partial charge in [0.15, 0.2) is 11.5 Å². The van der Waals surface area contributed by atoms with Crippen LogP contribution in [0.25, 0.3) is 0 Å². The number of nitrogens with one attached hydrogen (secondary N) is 1. The lowest BCUT2D eigenvalue weighted by Crippen LogP contribution is -2.24. The highest BCUT2D eigenvalue weighted by molar-refractivity contribution is 6.04. The lowest BCUT2D eigenvalue weighted by molar-refractivity contribution is 0.102. The topological polar surface area (TPSA) is 63.7 Å². The number of rotatable bonds is 3. The van der Waals surface area contributed by atoms with Crippen molar-refractivity contribution in [1.29, 1.82) is 0 Å². The number of aromatic nitrogens is 1. The smallest absolute Gasteiger partial charge is 0.257 e. The Balaban J connectivity index is 1.39. The van der Waals surface area contributed by atoms with Gasteiger partial charge in [0.2, 0.25) is 0 Å². The zero-order chi connectivity index (χ0) is 19.8. The Bertz CT molecular complexity index is 1080. The molecule has 2 aromatic carbocycles. The summed E-state index contributed by atoms with van der Waals surface area (Å²) in [4.78, 5) is 19.4. The van der Waals surface area contributed by atoms with Gasteiger partial charge in [-0.3, -0.25) is 9.78 Å². The Hall–Kier alpha value is -3.54. The molecule has 146 valence electrons. The molecule has 6 heteroatoms. The third-order valence-electron chi connectivity index (χ3n) is 5.27. The van der Waals surface area contributed by atoms with Crippen molar-refractivity contribution < 1.29 is 14.3 Å². The molecule has 0 spiro atoms. The maximum Gasteiger partial charge on any atom is 0.257 e. The summed E-state index contributed by atoms with van der Waals surface area (Å²) in [6.07, 6.45) is 4.37. The number of hydrogen-bond acceptors (Lipinski definition) is 5. The summed E-state index contributed by atoms with van der Waals surface area (Å²) < 4.78 is 11.1. The number of carbonyl (C=O) groups is 1. The summed E-state index contributed by atoms with van der Waals surface area (Å²) in [5.74, 6) is 1.12. The molecule has 29 heavy (non-hydrogen) atoms. The van der Waals surface area contributed by atoms with Gasteiger partial charge in [-0.1, -0.05) is 18.2 Å². The number of benzene rings is 2. The van der Waals surface area contributed by atoms with Crippen LogP contribution in [0.1, 0.15) is 22.8 Å². The third kappa shape index (κ3) is 3.27. The second-order valence-corrected chi connectivity index (χ2v) is 7.30. The first-order valence-corrected chi connectivity index (χ1v) is 9.72. The van der Waals surface area contributed by atoms with E-state index in [-0.39, 0.29) is 5.91 Å². The van der Waals surface area contributed by atoms with E-state index in [1.54, 1.807) is 18.5 Å². The summed E-state index contributed by atoms with van der Waals surface area (Å²) in [6, 6.07) is 16.0. The normalized spacial score (nSPS) is 17.0. The molecule has 0 radical (unpaired) electrons. The average Bonchev–Trinajstić information content (AvgIpc) is 3.09. The fourth-order valence-corrected chi connectivity index (χ4v) is 3.97. The molecule has 1 aromatic heterocycles. The molecule has 0 saturated carbocycles. The number of carbonyl (C=O) groups excluding carboxylic acids is 1. The Kier molecular flexibility index (Phi) is 4.31. The highest BCUT2D eigenvalue weighted by atomic mass is 16.6. The Morgan fingerprint density at radius 1 is 1.07 bits per heavy atom. The van der Waals surface area contributed by atoms with Crippen LogP contribution in [0, 0.1) is 0 Å². The van der Waals surface area contributed by atoms with Crippen molar-refractivity contribution in [3.63, 3.8) is 0 Å². The van der Waals surface area contributed by atoms with Crippen LogP contribution >= 0.6 is 0 Å². The van der Waals surface area contributed by atoms with Crippen molar-refractivity contribution in [1.82, 2.24) is 4.98 Å². The molecule has 1 atom stereocenters. The Morgan fingerprint density at radius 3 is 2.79 bits per heavy atom. The van der Waals surface area contributed by atoms with Crippen LogP contribution in [0.4, 0.5) is 17.1 Å². The highest BCUT2D eigenvalue weighted by Gasteiger charge is 2.27. The lowest BCUT2D eigenvalue weighted by Gasteiger charge is -2.25. The van der Waals surface area contributed by atoms with Gasteiger partial charge in [-0.05, 0) is 43.2 Å². The van der Waals surface area contributed by atoms with E-state index in [2.05, 4.69) is 40.3 Å². The van der Waals surface area contributed by atoms with E-state index in [4.69, 9.17) is 9.47 Å². The number of hydrogen-bond donors (Lipinski definition) is 1. The lowest BCUT2D eigenvalue weighted by atomic mass is 10.1. The molecule has 3 heterocycles. The molecule has 3 aromatic rings. The largest absolute Gasteiger partial charge is 0.486 e. The summed E-state index contributed by atoms with van der Waals surface area (Å²) >= 11 is 0. The predicted octanol–water partition coefficient (Wildman–Crippen LogP) is 4.19. The third-order valence-corrected chi connectivity index (χ3v) is 5.27. The van der Waals surface area contributed by atoms with E-state index < -0.39 is 0 Å². The van der Waals surface area contributed by atoms with Gasteiger partial charge in [-0.2, -0.15) is 0 Å². The molecule has 0 aliphatic carbocycles. The van der Waals surface area contributed by atoms with E-state index in [1.165, 1.54) is 11.3 Å². The molecule has 0 saturated heterocycles. The molecule has 0 fully saturated rings. The first-order chi connectivity index (χ1) is 14.2. The summed E-state index contributed by atoms with van der Waals surface area (Å²) in [5.41, 5.74) is 4.56. The molecule has 1 N–H and O–H groups in total. The van der Waals surface area contributed by atoms with Crippen molar-refractivity contribution >= 4 is 23.0 Å². The number of anilines is 3. The minimum atomic E-state index is -0.212. The molecule has 2 aliphatic rings. The Morgan fingerprint density at radius 2 is 1.90 bits per heavy atom. The fourth-order valence-electron chi connectivity index (χ4n) is 3.97. The number of nitrogens with zero attached hydrogens (tertiary/aromatic N) is 2. The van der Waals surface area contributed by atoms with Gasteiger partial charge >= 0.3 is 0 Å². The number of para-hydroxylation sites is 1. The number of amides is 1. The van der Waals surface area contributed by atoms with E-state index in [0.29, 0.717) is 42.0 Å². The molecule has 6 nitrogen and oxygen atoms in total. The number of fused-ring (bicyclic) bond motifs is 2. The van der Waals surface area contributed by atoms with Crippen LogP contribution in [-0.2, 0) is 6.42 Å². The van der Waals surface area contributed by atoms with E-state index >= 15 is 0 Å². The fraction of sp³-hybridized carbons (Fsp3) is 0.217. The van der Waals surface area contributed by atoms with Crippen molar-refractivity contribution in [2.45, 2.75) is 19.4 Å². The predicted molar refractivity (Wildman–Crippen MR) is 111 cm³/mol. The first kappa shape index (κ1) is 17.6. The molecular formula is C23H21N3O3. The van der Waals surface area contributed by atoms with Crippen LogP contribution in [0.2, 0.25) is 0 Å². The maximum absolute atomic E-state index is 12.8. The highest BCUT2D eigenvalue weighted by Crippen LogP contribution is 2.38. The zero-order valence-electron chi connectivity index (χ0n) is 16.1. The molecule has 1 unspecified atom stereocenters. The molecule has 2 aliphatic heterocycles. The number of ether oxygens (including phenoxy) is 2.